The number of imidazole rings is 1. The summed E-state index contributed by atoms with van der Waals surface area (Å²) in [5, 5.41) is 18.3. The van der Waals surface area contributed by atoms with Crippen LogP contribution >= 0.6 is 0 Å². The topological polar surface area (TPSA) is 128 Å². The van der Waals surface area contributed by atoms with Gasteiger partial charge in [0.2, 0.25) is 0 Å². The Morgan fingerprint density at radius 3 is 2.65 bits per heavy atom. The Labute approximate surface area is 181 Å². The van der Waals surface area contributed by atoms with Gasteiger partial charge in [0, 0.05) is 13.1 Å². The number of fused-ring (bicyclic) bond motifs is 1. The number of aromatic nitrogens is 5. The fraction of sp³-hybridized carbons (Fsp3) is 0.619. The Kier molecular flexibility index (Phi) is 6.10. The highest BCUT2D eigenvalue weighted by Gasteiger charge is 2.28. The molecule has 168 valence electrons. The zero-order valence-corrected chi connectivity index (χ0v) is 18.5. The molecule has 0 amide bonds. The number of likely N-dealkylation sites (tertiary alicyclic amines) is 1. The fourth-order valence-electron chi connectivity index (χ4n) is 4.16. The molecule has 0 saturated carbocycles. The summed E-state index contributed by atoms with van der Waals surface area (Å²) in [6.07, 6.45) is 6.49. The van der Waals surface area contributed by atoms with E-state index < -0.39 is 5.60 Å². The summed E-state index contributed by atoms with van der Waals surface area (Å²) >= 11 is 0. The smallest absolute Gasteiger partial charge is 0.199 e. The van der Waals surface area contributed by atoms with E-state index in [1.165, 1.54) is 32.4 Å². The lowest BCUT2D eigenvalue weighted by Crippen LogP contribution is -2.31. The molecule has 0 unspecified atom stereocenters. The first-order valence-electron chi connectivity index (χ1n) is 11.0. The summed E-state index contributed by atoms with van der Waals surface area (Å²) in [5.41, 5.74) is 6.88. The average molecular weight is 430 g/mol. The van der Waals surface area contributed by atoms with E-state index in [9.17, 15) is 5.11 Å². The minimum absolute atomic E-state index is 0.159. The van der Waals surface area contributed by atoms with Crippen LogP contribution in [-0.2, 0) is 12.1 Å². The number of rotatable bonds is 8. The van der Waals surface area contributed by atoms with E-state index in [1.807, 2.05) is 11.5 Å². The molecule has 0 bridgehead atoms. The van der Waals surface area contributed by atoms with Crippen molar-refractivity contribution >= 4 is 16.9 Å². The van der Waals surface area contributed by atoms with Gasteiger partial charge < -0.3 is 25.0 Å². The molecular weight excluding hydrogens is 398 g/mol. The van der Waals surface area contributed by atoms with Crippen molar-refractivity contribution in [3.63, 3.8) is 0 Å². The maximum atomic E-state index is 10.7. The molecule has 4 heterocycles. The summed E-state index contributed by atoms with van der Waals surface area (Å²) in [4.78, 5) is 11.7. The van der Waals surface area contributed by atoms with Gasteiger partial charge in [0.25, 0.3) is 0 Å². The van der Waals surface area contributed by atoms with Gasteiger partial charge in [-0.3, -0.25) is 4.98 Å². The molecule has 0 aliphatic carbocycles. The number of nitrogens with zero attached hydrogens (tertiary/aromatic N) is 6. The molecule has 0 spiro atoms. The van der Waals surface area contributed by atoms with Crippen LogP contribution in [0.3, 0.4) is 0 Å². The third kappa shape index (κ3) is 4.35. The fourth-order valence-corrected chi connectivity index (χ4v) is 4.16. The van der Waals surface area contributed by atoms with Crippen molar-refractivity contribution in [2.24, 2.45) is 0 Å². The maximum absolute atomic E-state index is 10.7. The third-order valence-corrected chi connectivity index (χ3v) is 5.68. The maximum Gasteiger partial charge on any atom is 0.199 e. The summed E-state index contributed by atoms with van der Waals surface area (Å²) in [5.74, 6) is 1.29. The van der Waals surface area contributed by atoms with Gasteiger partial charge in [0.15, 0.2) is 23.1 Å². The second-order valence-electron chi connectivity index (χ2n) is 8.51. The largest absolute Gasteiger partial charge is 0.490 e. The van der Waals surface area contributed by atoms with Crippen LogP contribution in [0, 0.1) is 0 Å². The Morgan fingerprint density at radius 2 is 2.00 bits per heavy atom. The summed E-state index contributed by atoms with van der Waals surface area (Å²) in [6, 6.07) is 0. The van der Waals surface area contributed by atoms with Gasteiger partial charge in [0.05, 0.1) is 18.5 Å². The first-order valence-corrected chi connectivity index (χ1v) is 11.0. The lowest BCUT2D eigenvalue weighted by atomic mass is 10.0. The van der Waals surface area contributed by atoms with Crippen LogP contribution in [0.4, 0.5) is 5.82 Å². The van der Waals surface area contributed by atoms with Crippen LogP contribution < -0.4 is 10.5 Å². The highest BCUT2D eigenvalue weighted by Crippen LogP contribution is 2.36. The average Bonchev–Trinajstić information content (AvgIpc) is 3.34. The van der Waals surface area contributed by atoms with Crippen LogP contribution in [0.25, 0.3) is 22.6 Å². The molecular formula is C21H31N7O3. The van der Waals surface area contributed by atoms with Gasteiger partial charge >= 0.3 is 0 Å². The van der Waals surface area contributed by atoms with Crippen molar-refractivity contribution in [3.05, 3.63) is 11.9 Å². The summed E-state index contributed by atoms with van der Waals surface area (Å²) in [6.45, 7) is 9.91. The Bertz CT molecular complexity index is 1030. The molecule has 1 saturated heterocycles. The molecule has 31 heavy (non-hydrogen) atoms. The van der Waals surface area contributed by atoms with E-state index in [-0.39, 0.29) is 5.82 Å². The van der Waals surface area contributed by atoms with Crippen molar-refractivity contribution in [3.8, 4) is 17.3 Å². The van der Waals surface area contributed by atoms with E-state index >= 15 is 0 Å². The number of piperidine rings is 1. The van der Waals surface area contributed by atoms with Crippen molar-refractivity contribution in [2.75, 3.05) is 32.0 Å². The first kappa shape index (κ1) is 21.5. The van der Waals surface area contributed by atoms with Gasteiger partial charge in [-0.2, -0.15) is 0 Å². The van der Waals surface area contributed by atoms with E-state index in [0.29, 0.717) is 41.6 Å². The van der Waals surface area contributed by atoms with Crippen LogP contribution in [0.1, 0.15) is 52.1 Å². The van der Waals surface area contributed by atoms with Gasteiger partial charge in [-0.25, -0.2) is 9.61 Å². The highest BCUT2D eigenvalue weighted by atomic mass is 16.6. The van der Waals surface area contributed by atoms with Crippen molar-refractivity contribution in [2.45, 2.75) is 58.6 Å². The molecule has 3 N–H and O–H groups in total. The lowest BCUT2D eigenvalue weighted by Gasteiger charge is -2.26. The van der Waals surface area contributed by atoms with E-state index in [4.69, 9.17) is 20.1 Å². The zero-order valence-electron chi connectivity index (χ0n) is 18.5. The third-order valence-electron chi connectivity index (χ3n) is 5.68. The summed E-state index contributed by atoms with van der Waals surface area (Å²) in [7, 11) is 0. The SMILES string of the molecule is CCn1c(-c2nonc2N)nc2c(C(C)(C)O)ncc(OCCCN3CCCCC3)c21. The first-order chi connectivity index (χ1) is 14.9. The molecule has 3 aromatic heterocycles. The number of pyridine rings is 1. The molecule has 1 aliphatic rings. The predicted molar refractivity (Wildman–Crippen MR) is 117 cm³/mol. The second kappa shape index (κ2) is 8.80. The quantitative estimate of drug-likeness (QED) is 0.519. The number of ether oxygens (including phenoxy) is 1. The Balaban J connectivity index is 1.67. The lowest BCUT2D eigenvalue weighted by molar-refractivity contribution is 0.0753. The van der Waals surface area contributed by atoms with Crippen LogP contribution in [-0.4, -0.2) is 61.1 Å². The molecule has 0 aromatic carbocycles. The van der Waals surface area contributed by atoms with Crippen LogP contribution in [0.2, 0.25) is 0 Å². The molecule has 1 aliphatic heterocycles. The highest BCUT2D eigenvalue weighted by molar-refractivity contribution is 5.88. The normalized spacial score (nSPS) is 15.6. The number of anilines is 1. The minimum Gasteiger partial charge on any atom is -0.490 e. The van der Waals surface area contributed by atoms with Gasteiger partial charge in [-0.05, 0) is 63.4 Å². The predicted octanol–water partition coefficient (Wildman–Crippen LogP) is 2.57. The van der Waals surface area contributed by atoms with Gasteiger partial charge in [-0.1, -0.05) is 6.42 Å². The van der Waals surface area contributed by atoms with Gasteiger partial charge in [-0.15, -0.1) is 0 Å². The number of aliphatic hydroxyl groups is 1. The molecule has 0 atom stereocenters. The molecule has 4 rings (SSSR count). The number of aryl methyl sites for hydroxylation is 1. The Morgan fingerprint density at radius 1 is 1.23 bits per heavy atom. The number of nitrogens with two attached hydrogens (primary N) is 1. The zero-order chi connectivity index (χ0) is 22.0. The van der Waals surface area contributed by atoms with Crippen molar-refractivity contribution in [1.82, 2.24) is 29.7 Å². The number of hydrogen-bond donors (Lipinski definition) is 2. The van der Waals surface area contributed by atoms with Crippen LogP contribution in [0.15, 0.2) is 10.8 Å². The second-order valence-corrected chi connectivity index (χ2v) is 8.51. The summed E-state index contributed by atoms with van der Waals surface area (Å²) < 4.78 is 12.9. The molecule has 0 radical (unpaired) electrons. The number of nitrogen functional groups attached to an aromatic ring is 1. The minimum atomic E-state index is -1.18. The van der Waals surface area contributed by atoms with Gasteiger partial charge in [0.1, 0.15) is 16.6 Å². The molecule has 1 fully saturated rings. The molecule has 3 aromatic rings. The molecule has 10 heteroatoms. The van der Waals surface area contributed by atoms with E-state index in [1.54, 1.807) is 20.0 Å². The van der Waals surface area contributed by atoms with E-state index in [2.05, 4.69) is 20.2 Å². The van der Waals surface area contributed by atoms with Crippen molar-refractivity contribution in [1.29, 1.82) is 0 Å². The number of hydrogen-bond acceptors (Lipinski definition) is 9. The van der Waals surface area contributed by atoms with E-state index in [0.717, 1.165) is 18.5 Å². The van der Waals surface area contributed by atoms with Crippen molar-refractivity contribution < 1.29 is 14.5 Å². The van der Waals surface area contributed by atoms with Crippen LogP contribution in [0.5, 0.6) is 5.75 Å². The standard InChI is InChI=1S/C21H31N7O3/c1-4-28-17-14(30-12-8-11-27-9-6-5-7-10-27)13-23-18(21(2,3)29)15(17)24-20(28)16-19(22)26-31-25-16/h13,29H,4-12H2,1-3H3,(H2,22,26). The molecule has 10 nitrogen and oxygen atoms in total. The Hall–Kier alpha value is -2.72. The monoisotopic (exact) mass is 429 g/mol.